The molecule has 0 aliphatic heterocycles. The van der Waals surface area contributed by atoms with Gasteiger partial charge in [-0.15, -0.1) is 11.3 Å². The molecule has 0 radical (unpaired) electrons. The van der Waals surface area contributed by atoms with Crippen LogP contribution in [0, 0.1) is 22.7 Å². The summed E-state index contributed by atoms with van der Waals surface area (Å²) in [7, 11) is 0. The van der Waals surface area contributed by atoms with Gasteiger partial charge in [-0.3, -0.25) is 0 Å². The largest absolute Gasteiger partial charge is 0.491 e. The minimum atomic E-state index is -0.372. The first-order chi connectivity index (χ1) is 19.5. The van der Waals surface area contributed by atoms with Crippen LogP contribution in [0.25, 0.3) is 11.1 Å². The number of nitrogens with one attached hydrogen (secondary N) is 1. The number of carbonyl (C=O) groups is 1. The van der Waals surface area contributed by atoms with Crippen LogP contribution in [-0.4, -0.2) is 40.9 Å². The molecule has 0 aliphatic rings. The third-order valence-electron chi connectivity index (χ3n) is 5.47. The molecule has 12 heteroatoms. The number of benzene rings is 2. The van der Waals surface area contributed by atoms with E-state index in [1.165, 1.54) is 23.1 Å². The molecule has 0 unspecified atom stereocenters. The quantitative estimate of drug-likeness (QED) is 0.161. The Kier molecular flexibility index (Phi) is 9.54. The van der Waals surface area contributed by atoms with Gasteiger partial charge in [-0.1, -0.05) is 23.9 Å². The number of pyridine rings is 1. The molecule has 2 aromatic carbocycles. The van der Waals surface area contributed by atoms with E-state index < -0.39 is 0 Å². The lowest BCUT2D eigenvalue weighted by molar-refractivity contribution is 0.0526. The molecular weight excluding hydrogens is 548 g/mol. The number of thiazole rings is 1. The predicted octanol–water partition coefficient (Wildman–Crippen LogP) is 5.11. The summed E-state index contributed by atoms with van der Waals surface area (Å²) >= 11 is 2.72. The molecule has 0 aliphatic carbocycles. The standard InChI is InChI=1S/C28H24N6O4S2/c1-2-37-27(36)18-3-7-19(8-4-18)32-28-33-20(16-40-28)15-39-26-23(14-30)24(22(13-29)25(31)34-26)17-5-9-21(10-6-17)38-12-11-35/h3-10,16,35H,2,11-12,15H2,1H3,(H2,31,34)(H,32,33). The highest BCUT2D eigenvalue weighted by Gasteiger charge is 2.21. The van der Waals surface area contributed by atoms with Crippen molar-refractivity contribution in [3.63, 3.8) is 0 Å². The number of nitrogens with two attached hydrogens (primary N) is 1. The number of aliphatic hydroxyl groups is 1. The van der Waals surface area contributed by atoms with Crippen molar-refractivity contribution in [2.75, 3.05) is 30.9 Å². The van der Waals surface area contributed by atoms with Gasteiger partial charge in [0.2, 0.25) is 0 Å². The number of carbonyl (C=O) groups excluding carboxylic acids is 1. The molecule has 0 spiro atoms. The minimum absolute atomic E-state index is 0.0338. The number of rotatable bonds is 11. The van der Waals surface area contributed by atoms with Crippen LogP contribution in [0.5, 0.6) is 5.75 Å². The van der Waals surface area contributed by atoms with E-state index in [4.69, 9.17) is 20.3 Å². The number of aliphatic hydroxyl groups excluding tert-OH is 1. The van der Waals surface area contributed by atoms with Gasteiger partial charge >= 0.3 is 5.97 Å². The van der Waals surface area contributed by atoms with Crippen LogP contribution < -0.4 is 15.8 Å². The van der Waals surface area contributed by atoms with Gasteiger partial charge < -0.3 is 25.6 Å². The Morgan fingerprint density at radius 2 is 1.82 bits per heavy atom. The summed E-state index contributed by atoms with van der Waals surface area (Å²) in [6.07, 6.45) is 0. The van der Waals surface area contributed by atoms with Gasteiger partial charge in [0.1, 0.15) is 40.9 Å². The van der Waals surface area contributed by atoms with Crippen LogP contribution in [0.1, 0.15) is 34.1 Å². The summed E-state index contributed by atoms with van der Waals surface area (Å²) in [5, 5.41) is 34.9. The Morgan fingerprint density at radius 1 is 1.10 bits per heavy atom. The van der Waals surface area contributed by atoms with Crippen molar-refractivity contribution >= 4 is 45.7 Å². The van der Waals surface area contributed by atoms with E-state index in [0.29, 0.717) is 45.0 Å². The molecule has 4 N–H and O–H groups in total. The zero-order valence-corrected chi connectivity index (χ0v) is 23.0. The Hall–Kier alpha value is -4.62. The van der Waals surface area contributed by atoms with Crippen molar-refractivity contribution in [2.24, 2.45) is 0 Å². The van der Waals surface area contributed by atoms with E-state index in [2.05, 4.69) is 27.4 Å². The number of hydrogen-bond acceptors (Lipinski definition) is 12. The molecule has 0 amide bonds. The first kappa shape index (κ1) is 28.4. The molecule has 10 nitrogen and oxygen atoms in total. The molecule has 0 fully saturated rings. The van der Waals surface area contributed by atoms with Crippen molar-refractivity contribution in [1.82, 2.24) is 9.97 Å². The maximum Gasteiger partial charge on any atom is 0.338 e. The van der Waals surface area contributed by atoms with Crippen molar-refractivity contribution in [1.29, 1.82) is 10.5 Å². The Bertz CT molecular complexity index is 1570. The van der Waals surface area contributed by atoms with E-state index in [-0.39, 0.29) is 36.1 Å². The van der Waals surface area contributed by atoms with Crippen molar-refractivity contribution in [3.8, 4) is 29.0 Å². The highest BCUT2D eigenvalue weighted by molar-refractivity contribution is 7.98. The van der Waals surface area contributed by atoms with Crippen LogP contribution >= 0.6 is 23.1 Å². The van der Waals surface area contributed by atoms with E-state index in [9.17, 15) is 15.3 Å². The first-order valence-electron chi connectivity index (χ1n) is 12.1. The average Bonchev–Trinajstić information content (AvgIpc) is 3.42. The second kappa shape index (κ2) is 13.4. The predicted molar refractivity (Wildman–Crippen MR) is 153 cm³/mol. The number of hydrogen-bond donors (Lipinski definition) is 3. The maximum absolute atomic E-state index is 11.8. The van der Waals surface area contributed by atoms with Crippen molar-refractivity contribution in [3.05, 3.63) is 76.3 Å². The second-order valence-electron chi connectivity index (χ2n) is 8.10. The number of anilines is 3. The van der Waals surface area contributed by atoms with Gasteiger partial charge in [-0.2, -0.15) is 10.5 Å². The van der Waals surface area contributed by atoms with E-state index in [1.54, 1.807) is 55.5 Å². The molecule has 0 saturated heterocycles. The van der Waals surface area contributed by atoms with Gasteiger partial charge in [-0.05, 0) is 48.9 Å². The lowest BCUT2D eigenvalue weighted by atomic mass is 9.97. The number of thioether (sulfide) groups is 1. The van der Waals surface area contributed by atoms with Crippen LogP contribution in [0.2, 0.25) is 0 Å². The van der Waals surface area contributed by atoms with Crippen LogP contribution in [0.15, 0.2) is 58.9 Å². The zero-order valence-electron chi connectivity index (χ0n) is 21.4. The fourth-order valence-corrected chi connectivity index (χ4v) is 5.40. The fourth-order valence-electron chi connectivity index (χ4n) is 3.67. The summed E-state index contributed by atoms with van der Waals surface area (Å²) < 4.78 is 10.4. The molecule has 2 heterocycles. The maximum atomic E-state index is 11.8. The summed E-state index contributed by atoms with van der Waals surface area (Å²) in [6.45, 7) is 2.12. The highest BCUT2D eigenvalue weighted by Crippen LogP contribution is 2.37. The second-order valence-corrected chi connectivity index (χ2v) is 9.92. The normalized spacial score (nSPS) is 10.4. The fraction of sp³-hybridized carbons (Fsp3) is 0.179. The lowest BCUT2D eigenvalue weighted by Crippen LogP contribution is -2.04. The molecule has 4 aromatic rings. The summed E-state index contributed by atoms with van der Waals surface area (Å²) in [5.41, 5.74) is 9.53. The molecule has 0 atom stereocenters. The summed E-state index contributed by atoms with van der Waals surface area (Å²) in [5.74, 6) is 0.630. The van der Waals surface area contributed by atoms with Crippen molar-refractivity contribution in [2.45, 2.75) is 17.7 Å². The Labute approximate surface area is 239 Å². The van der Waals surface area contributed by atoms with E-state index in [0.717, 1.165) is 11.4 Å². The first-order valence-corrected chi connectivity index (χ1v) is 13.9. The van der Waals surface area contributed by atoms with Crippen LogP contribution in [0.3, 0.4) is 0 Å². The molecule has 4 rings (SSSR count). The van der Waals surface area contributed by atoms with E-state index >= 15 is 0 Å². The van der Waals surface area contributed by atoms with Gasteiger partial charge in [0, 0.05) is 22.4 Å². The molecule has 2 aromatic heterocycles. The van der Waals surface area contributed by atoms with Crippen molar-refractivity contribution < 1.29 is 19.4 Å². The third-order valence-corrected chi connectivity index (χ3v) is 7.29. The Balaban J connectivity index is 1.51. The summed E-state index contributed by atoms with van der Waals surface area (Å²) in [6, 6.07) is 18.0. The van der Waals surface area contributed by atoms with Crippen LogP contribution in [0.4, 0.5) is 16.6 Å². The number of nitrogens with zero attached hydrogens (tertiary/aromatic N) is 4. The number of ether oxygens (including phenoxy) is 2. The minimum Gasteiger partial charge on any atom is -0.491 e. The molecule has 0 bridgehead atoms. The SMILES string of the molecule is CCOC(=O)c1ccc(Nc2nc(CSc3nc(N)c(C#N)c(-c4ccc(OCCO)cc4)c3C#N)cs2)cc1. The molecular formula is C28H24N6O4S2. The molecule has 40 heavy (non-hydrogen) atoms. The molecule has 0 saturated carbocycles. The van der Waals surface area contributed by atoms with E-state index in [1.807, 2.05) is 5.38 Å². The van der Waals surface area contributed by atoms with Gasteiger partial charge in [-0.25, -0.2) is 14.8 Å². The average molecular weight is 573 g/mol. The monoisotopic (exact) mass is 572 g/mol. The number of esters is 1. The Morgan fingerprint density at radius 3 is 2.48 bits per heavy atom. The van der Waals surface area contributed by atoms with Gasteiger partial charge in [0.15, 0.2) is 5.13 Å². The highest BCUT2D eigenvalue weighted by atomic mass is 32.2. The van der Waals surface area contributed by atoms with Gasteiger partial charge in [0.05, 0.1) is 30.0 Å². The molecule has 202 valence electrons. The number of nitrogen functional groups attached to an aromatic ring is 1. The number of aromatic nitrogens is 2. The number of nitriles is 2. The smallest absolute Gasteiger partial charge is 0.338 e. The van der Waals surface area contributed by atoms with Crippen LogP contribution in [-0.2, 0) is 10.5 Å². The lowest BCUT2D eigenvalue weighted by Gasteiger charge is -2.13. The summed E-state index contributed by atoms with van der Waals surface area (Å²) in [4.78, 5) is 20.8. The van der Waals surface area contributed by atoms with Gasteiger partial charge in [0.25, 0.3) is 0 Å². The topological polar surface area (TPSA) is 167 Å². The zero-order chi connectivity index (χ0) is 28.5. The third kappa shape index (κ3) is 6.68.